The SMILES string of the molecule is CCOC(=O)[C@H]1CC(c2ccc(C)cn2)=C(C)[C@H]1O. The second-order valence-corrected chi connectivity index (χ2v) is 4.89. The first-order valence-electron chi connectivity index (χ1n) is 6.52. The summed E-state index contributed by atoms with van der Waals surface area (Å²) in [5.74, 6) is -0.838. The molecule has 1 aromatic rings. The number of aryl methyl sites for hydroxylation is 1. The molecule has 1 aliphatic rings. The van der Waals surface area contributed by atoms with Crippen LogP contribution in [0.1, 0.15) is 31.5 Å². The molecule has 0 aliphatic heterocycles. The molecule has 102 valence electrons. The summed E-state index contributed by atoms with van der Waals surface area (Å²) in [7, 11) is 0. The molecule has 4 heteroatoms. The first kappa shape index (κ1) is 13.7. The fraction of sp³-hybridized carbons (Fsp3) is 0.467. The number of rotatable bonds is 3. The van der Waals surface area contributed by atoms with Gasteiger partial charge in [-0.25, -0.2) is 0 Å². The van der Waals surface area contributed by atoms with Gasteiger partial charge in [0.1, 0.15) is 0 Å². The van der Waals surface area contributed by atoms with Crippen LogP contribution in [0.2, 0.25) is 0 Å². The van der Waals surface area contributed by atoms with Crippen LogP contribution in [-0.4, -0.2) is 28.8 Å². The van der Waals surface area contributed by atoms with Gasteiger partial charge in [0, 0.05) is 6.20 Å². The Morgan fingerprint density at radius 2 is 2.21 bits per heavy atom. The average Bonchev–Trinajstić information content (AvgIpc) is 2.68. The molecule has 0 amide bonds. The molecule has 0 saturated heterocycles. The van der Waals surface area contributed by atoms with E-state index in [1.54, 1.807) is 13.1 Å². The normalized spacial score (nSPS) is 22.7. The van der Waals surface area contributed by atoms with Crippen LogP contribution in [0.4, 0.5) is 0 Å². The topological polar surface area (TPSA) is 59.4 Å². The second kappa shape index (κ2) is 5.53. The molecule has 0 bridgehead atoms. The van der Waals surface area contributed by atoms with E-state index >= 15 is 0 Å². The lowest BCUT2D eigenvalue weighted by Crippen LogP contribution is -2.26. The lowest BCUT2D eigenvalue weighted by atomic mass is 10.0. The van der Waals surface area contributed by atoms with Crippen molar-refractivity contribution in [3.63, 3.8) is 0 Å². The lowest BCUT2D eigenvalue weighted by Gasteiger charge is -2.14. The van der Waals surface area contributed by atoms with Crippen molar-refractivity contribution >= 4 is 11.5 Å². The highest BCUT2D eigenvalue weighted by atomic mass is 16.5. The van der Waals surface area contributed by atoms with Crippen molar-refractivity contribution < 1.29 is 14.6 Å². The number of nitrogens with zero attached hydrogens (tertiary/aromatic N) is 1. The summed E-state index contributed by atoms with van der Waals surface area (Å²) in [4.78, 5) is 16.2. The van der Waals surface area contributed by atoms with E-state index in [4.69, 9.17) is 4.74 Å². The highest BCUT2D eigenvalue weighted by Gasteiger charge is 2.37. The number of hydrogen-bond donors (Lipinski definition) is 1. The molecule has 2 rings (SSSR count). The van der Waals surface area contributed by atoms with Crippen LogP contribution in [0.3, 0.4) is 0 Å². The molecule has 1 heterocycles. The molecule has 0 fully saturated rings. The van der Waals surface area contributed by atoms with Gasteiger partial charge < -0.3 is 9.84 Å². The molecule has 1 aromatic heterocycles. The predicted octanol–water partition coefficient (Wildman–Crippen LogP) is 2.11. The third-order valence-corrected chi connectivity index (χ3v) is 3.53. The molecule has 0 unspecified atom stereocenters. The monoisotopic (exact) mass is 261 g/mol. The van der Waals surface area contributed by atoms with Crippen molar-refractivity contribution in [2.24, 2.45) is 5.92 Å². The van der Waals surface area contributed by atoms with E-state index in [1.165, 1.54) is 0 Å². The van der Waals surface area contributed by atoms with E-state index < -0.39 is 12.0 Å². The van der Waals surface area contributed by atoms with Crippen molar-refractivity contribution in [1.29, 1.82) is 0 Å². The summed E-state index contributed by atoms with van der Waals surface area (Å²) < 4.78 is 5.00. The minimum absolute atomic E-state index is 0.333. The third kappa shape index (κ3) is 2.68. The fourth-order valence-electron chi connectivity index (χ4n) is 2.39. The van der Waals surface area contributed by atoms with Gasteiger partial charge in [0.25, 0.3) is 0 Å². The summed E-state index contributed by atoms with van der Waals surface area (Å²) in [5, 5.41) is 10.2. The minimum atomic E-state index is -0.767. The highest BCUT2D eigenvalue weighted by molar-refractivity contribution is 5.82. The molecular weight excluding hydrogens is 242 g/mol. The summed E-state index contributed by atoms with van der Waals surface area (Å²) in [6.07, 6.45) is 1.51. The zero-order valence-corrected chi connectivity index (χ0v) is 11.5. The smallest absolute Gasteiger partial charge is 0.312 e. The quantitative estimate of drug-likeness (QED) is 0.847. The molecule has 0 spiro atoms. The number of allylic oxidation sites excluding steroid dienone is 1. The number of carbonyl (C=O) groups excluding carboxylic acids is 1. The van der Waals surface area contributed by atoms with Crippen LogP contribution in [0, 0.1) is 12.8 Å². The third-order valence-electron chi connectivity index (χ3n) is 3.53. The first-order valence-corrected chi connectivity index (χ1v) is 6.52. The van der Waals surface area contributed by atoms with Gasteiger partial charge in [-0.3, -0.25) is 9.78 Å². The Labute approximate surface area is 113 Å². The highest BCUT2D eigenvalue weighted by Crippen LogP contribution is 2.37. The van der Waals surface area contributed by atoms with Crippen LogP contribution in [-0.2, 0) is 9.53 Å². The summed E-state index contributed by atoms with van der Waals surface area (Å²) in [6, 6.07) is 3.90. The summed E-state index contributed by atoms with van der Waals surface area (Å²) >= 11 is 0. The standard InChI is InChI=1S/C15H19NO3/c1-4-19-15(18)12-7-11(10(3)14(12)17)13-6-5-9(2)8-16-13/h5-6,8,12,14,17H,4,7H2,1-3H3/t12-,14+/m0/s1. The number of carbonyl (C=O) groups is 1. The van der Waals surface area contributed by atoms with E-state index in [0.29, 0.717) is 13.0 Å². The number of esters is 1. The first-order chi connectivity index (χ1) is 9.04. The molecule has 4 nitrogen and oxygen atoms in total. The zero-order valence-electron chi connectivity index (χ0n) is 11.5. The number of aromatic nitrogens is 1. The van der Waals surface area contributed by atoms with E-state index in [-0.39, 0.29) is 5.97 Å². The van der Waals surface area contributed by atoms with Crippen molar-refractivity contribution in [2.45, 2.75) is 33.3 Å². The molecule has 0 saturated carbocycles. The van der Waals surface area contributed by atoms with Crippen molar-refractivity contribution in [3.8, 4) is 0 Å². The Kier molecular flexibility index (Phi) is 4.00. The van der Waals surface area contributed by atoms with E-state index in [1.807, 2.05) is 26.0 Å². The van der Waals surface area contributed by atoms with Crippen LogP contribution >= 0.6 is 0 Å². The number of aliphatic hydroxyl groups is 1. The lowest BCUT2D eigenvalue weighted by molar-refractivity contribution is -0.150. The summed E-state index contributed by atoms with van der Waals surface area (Å²) in [5.41, 5.74) is 3.68. The fourth-order valence-corrected chi connectivity index (χ4v) is 2.39. The van der Waals surface area contributed by atoms with Gasteiger partial charge in [-0.15, -0.1) is 0 Å². The second-order valence-electron chi connectivity index (χ2n) is 4.89. The summed E-state index contributed by atoms with van der Waals surface area (Å²) in [6.45, 7) is 5.92. The van der Waals surface area contributed by atoms with Crippen molar-refractivity contribution in [3.05, 3.63) is 35.2 Å². The van der Waals surface area contributed by atoms with Crippen LogP contribution in [0.5, 0.6) is 0 Å². The average molecular weight is 261 g/mol. The molecular formula is C15H19NO3. The van der Waals surface area contributed by atoms with E-state index in [9.17, 15) is 9.90 Å². The van der Waals surface area contributed by atoms with Crippen LogP contribution in [0.15, 0.2) is 23.9 Å². The molecule has 1 aliphatic carbocycles. The molecule has 19 heavy (non-hydrogen) atoms. The van der Waals surface area contributed by atoms with Gasteiger partial charge in [0.05, 0.1) is 24.3 Å². The Morgan fingerprint density at radius 3 is 2.79 bits per heavy atom. The molecule has 0 radical (unpaired) electrons. The Hall–Kier alpha value is -1.68. The number of aliphatic hydroxyl groups excluding tert-OH is 1. The maximum absolute atomic E-state index is 11.8. The minimum Gasteiger partial charge on any atom is -0.466 e. The number of pyridine rings is 1. The Balaban J connectivity index is 2.23. The van der Waals surface area contributed by atoms with Crippen molar-refractivity contribution in [2.75, 3.05) is 6.61 Å². The molecule has 2 atom stereocenters. The van der Waals surface area contributed by atoms with Gasteiger partial charge in [-0.1, -0.05) is 6.07 Å². The predicted molar refractivity (Wildman–Crippen MR) is 72.3 cm³/mol. The van der Waals surface area contributed by atoms with E-state index in [2.05, 4.69) is 4.98 Å². The molecule has 0 aromatic carbocycles. The van der Waals surface area contributed by atoms with Crippen LogP contribution < -0.4 is 0 Å². The van der Waals surface area contributed by atoms with Gasteiger partial charge in [-0.2, -0.15) is 0 Å². The van der Waals surface area contributed by atoms with Gasteiger partial charge in [0.15, 0.2) is 0 Å². The van der Waals surface area contributed by atoms with Gasteiger partial charge >= 0.3 is 5.97 Å². The Bertz CT molecular complexity index is 505. The van der Waals surface area contributed by atoms with Gasteiger partial charge in [-0.05, 0) is 50.0 Å². The van der Waals surface area contributed by atoms with Crippen molar-refractivity contribution in [1.82, 2.24) is 4.98 Å². The largest absolute Gasteiger partial charge is 0.466 e. The zero-order chi connectivity index (χ0) is 14.0. The Morgan fingerprint density at radius 1 is 1.47 bits per heavy atom. The molecule has 1 N–H and O–H groups in total. The van der Waals surface area contributed by atoms with Gasteiger partial charge in [0.2, 0.25) is 0 Å². The van der Waals surface area contributed by atoms with Crippen LogP contribution in [0.25, 0.3) is 5.57 Å². The maximum atomic E-state index is 11.8. The number of ether oxygens (including phenoxy) is 1. The number of hydrogen-bond acceptors (Lipinski definition) is 4. The van der Waals surface area contributed by atoms with E-state index in [0.717, 1.165) is 22.4 Å². The maximum Gasteiger partial charge on any atom is 0.312 e.